The smallest absolute Gasteiger partial charge is 0.305 e. The molecule has 0 aliphatic carbocycles. The van der Waals surface area contributed by atoms with Crippen LogP contribution in [0.4, 0.5) is 0 Å². The summed E-state index contributed by atoms with van der Waals surface area (Å²) in [6.45, 7) is 15.3. The van der Waals surface area contributed by atoms with Crippen LogP contribution in [0.3, 0.4) is 0 Å². The number of aliphatic hydroxyl groups is 1. The number of ether oxygens (including phenoxy) is 2. The Hall–Kier alpha value is -0.690. The highest BCUT2D eigenvalue weighted by Gasteiger charge is 2.14. The Kier molecular flexibility index (Phi) is 49.2. The number of carbonyl (C=O) groups is 1. The van der Waals surface area contributed by atoms with Gasteiger partial charge in [-0.1, -0.05) is 220 Å². The number of hydrogen-bond acceptors (Lipinski definition) is 6. The van der Waals surface area contributed by atoms with Gasteiger partial charge in [-0.05, 0) is 96.8 Å². The highest BCUT2D eigenvalue weighted by molar-refractivity contribution is 5.69. The largest absolute Gasteiger partial charge is 0.465 e. The molecule has 0 amide bonds. The number of hydrogen-bond donors (Lipinski definition) is 1. The van der Waals surface area contributed by atoms with Crippen LogP contribution in [0.15, 0.2) is 0 Å². The van der Waals surface area contributed by atoms with Gasteiger partial charge in [0.05, 0.1) is 13.2 Å². The molecule has 0 aromatic heterocycles. The maximum atomic E-state index is 12.6. The molecule has 0 aliphatic rings. The zero-order chi connectivity index (χ0) is 45.4. The van der Waals surface area contributed by atoms with Crippen molar-refractivity contribution in [2.75, 3.05) is 53.5 Å². The summed E-state index contributed by atoms with van der Waals surface area (Å²) in [7, 11) is 4.38. The van der Waals surface area contributed by atoms with Crippen LogP contribution in [0.25, 0.3) is 0 Å². The lowest BCUT2D eigenvalue weighted by molar-refractivity contribution is -0.145. The number of likely N-dealkylation sites (N-methyl/N-ethyl adjacent to an activating group) is 1. The third-order valence-electron chi connectivity index (χ3n) is 13.5. The van der Waals surface area contributed by atoms with Gasteiger partial charge in [0.15, 0.2) is 6.29 Å². The van der Waals surface area contributed by atoms with E-state index in [2.05, 4.69) is 51.6 Å². The highest BCUT2D eigenvalue weighted by Crippen LogP contribution is 2.22. The second kappa shape index (κ2) is 49.7. The normalized spacial score (nSPS) is 13.4. The van der Waals surface area contributed by atoms with Crippen molar-refractivity contribution in [3.63, 3.8) is 0 Å². The van der Waals surface area contributed by atoms with Gasteiger partial charge in [0, 0.05) is 19.5 Å². The van der Waals surface area contributed by atoms with Crippen molar-refractivity contribution in [3.8, 4) is 0 Å². The van der Waals surface area contributed by atoms with Crippen LogP contribution in [0, 0.1) is 11.8 Å². The molecule has 6 heteroatoms. The van der Waals surface area contributed by atoms with Gasteiger partial charge in [-0.2, -0.15) is 0 Å². The molecule has 0 bridgehead atoms. The lowest BCUT2D eigenvalue weighted by atomic mass is 9.95. The second-order valence-electron chi connectivity index (χ2n) is 20.1. The molecule has 0 aliphatic heterocycles. The summed E-state index contributed by atoms with van der Waals surface area (Å²) in [6.07, 6.45) is 49.8. The minimum Gasteiger partial charge on any atom is -0.465 e. The lowest BCUT2D eigenvalue weighted by Crippen LogP contribution is -2.33. The zero-order valence-electron chi connectivity index (χ0n) is 43.3. The Morgan fingerprint density at radius 1 is 0.403 bits per heavy atom. The maximum absolute atomic E-state index is 12.6. The van der Waals surface area contributed by atoms with Crippen LogP contribution < -0.4 is 0 Å². The summed E-state index contributed by atoms with van der Waals surface area (Å²) in [5.41, 5.74) is 0. The van der Waals surface area contributed by atoms with E-state index in [0.717, 1.165) is 38.8 Å². The molecule has 0 spiro atoms. The molecule has 3 unspecified atom stereocenters. The summed E-state index contributed by atoms with van der Waals surface area (Å²) < 4.78 is 11.8. The maximum Gasteiger partial charge on any atom is 0.305 e. The molecule has 6 nitrogen and oxygen atoms in total. The average molecular weight is 880 g/mol. The van der Waals surface area contributed by atoms with E-state index in [0.29, 0.717) is 24.9 Å². The summed E-state index contributed by atoms with van der Waals surface area (Å²) in [4.78, 5) is 17.6. The van der Waals surface area contributed by atoms with E-state index in [-0.39, 0.29) is 5.97 Å². The number of rotatable bonds is 52. The van der Waals surface area contributed by atoms with Gasteiger partial charge >= 0.3 is 5.97 Å². The van der Waals surface area contributed by atoms with Gasteiger partial charge < -0.3 is 24.4 Å². The molecule has 1 N–H and O–H groups in total. The molecule has 0 heterocycles. The SMILES string of the molecule is CCCCCCCCC(CCCCCC)COC(=O)CCCCCCCCCN(CCCCCCCCCC(O)OCC(CCCCCC)CCCCCCCC)CCN(C)C. The Morgan fingerprint density at radius 3 is 1.16 bits per heavy atom. The molecule has 3 atom stereocenters. The predicted molar refractivity (Wildman–Crippen MR) is 272 cm³/mol. The van der Waals surface area contributed by atoms with Crippen molar-refractivity contribution in [1.29, 1.82) is 0 Å². The number of aliphatic hydroxyl groups excluding tert-OH is 1. The Labute approximate surface area is 390 Å². The van der Waals surface area contributed by atoms with Crippen molar-refractivity contribution in [2.24, 2.45) is 11.8 Å². The minimum atomic E-state index is -0.583. The van der Waals surface area contributed by atoms with E-state index in [9.17, 15) is 9.90 Å². The first-order valence-electron chi connectivity index (χ1n) is 28.2. The summed E-state index contributed by atoms with van der Waals surface area (Å²) in [5.74, 6) is 1.21. The predicted octanol–water partition coefficient (Wildman–Crippen LogP) is 16.6. The quantitative estimate of drug-likeness (QED) is 0.0373. The Balaban J connectivity index is 4.09. The van der Waals surface area contributed by atoms with Crippen LogP contribution >= 0.6 is 0 Å². The topological polar surface area (TPSA) is 62.2 Å². The van der Waals surface area contributed by atoms with Gasteiger partial charge in [0.2, 0.25) is 0 Å². The molecule has 0 rings (SSSR count). The van der Waals surface area contributed by atoms with Crippen molar-refractivity contribution in [3.05, 3.63) is 0 Å². The molecule has 0 aromatic rings. The summed E-state index contributed by atoms with van der Waals surface area (Å²) >= 11 is 0. The Bertz CT molecular complexity index is 871. The van der Waals surface area contributed by atoms with Crippen LogP contribution in [-0.4, -0.2) is 80.7 Å². The number of nitrogens with zero attached hydrogens (tertiary/aromatic N) is 2. The van der Waals surface area contributed by atoms with Gasteiger partial charge in [0.1, 0.15) is 0 Å². The lowest BCUT2D eigenvalue weighted by Gasteiger charge is -2.24. The fourth-order valence-electron chi connectivity index (χ4n) is 9.09. The van der Waals surface area contributed by atoms with E-state index >= 15 is 0 Å². The van der Waals surface area contributed by atoms with E-state index in [4.69, 9.17) is 9.47 Å². The van der Waals surface area contributed by atoms with Gasteiger partial charge in [-0.25, -0.2) is 0 Å². The molecule has 0 radical (unpaired) electrons. The van der Waals surface area contributed by atoms with E-state index < -0.39 is 6.29 Å². The van der Waals surface area contributed by atoms with Gasteiger partial charge in [-0.3, -0.25) is 4.79 Å². The van der Waals surface area contributed by atoms with Crippen molar-refractivity contribution < 1.29 is 19.4 Å². The van der Waals surface area contributed by atoms with Crippen LogP contribution in [-0.2, 0) is 14.3 Å². The average Bonchev–Trinajstić information content (AvgIpc) is 3.26. The standard InChI is InChI=1S/C56H114N2O4/c1-7-11-15-19-27-35-43-53(41-33-17-13-9-3)51-61-55(59)45-37-29-23-21-25-31-39-47-58(50-49-57(5)6)48-40-32-26-22-24-30-38-46-56(60)62-52-54(42-34-18-14-10-4)44-36-28-20-16-12-8-2/h53-55,59H,7-52H2,1-6H3. The van der Waals surface area contributed by atoms with Crippen LogP contribution in [0.2, 0.25) is 0 Å². The van der Waals surface area contributed by atoms with Gasteiger partial charge in [-0.15, -0.1) is 0 Å². The monoisotopic (exact) mass is 879 g/mol. The fraction of sp³-hybridized carbons (Fsp3) is 0.982. The first-order valence-corrected chi connectivity index (χ1v) is 28.2. The van der Waals surface area contributed by atoms with E-state index in [1.54, 1.807) is 0 Å². The van der Waals surface area contributed by atoms with E-state index in [1.165, 1.54) is 244 Å². The molecule has 0 fully saturated rings. The third kappa shape index (κ3) is 45.9. The van der Waals surface area contributed by atoms with Crippen LogP contribution in [0.1, 0.15) is 285 Å². The minimum absolute atomic E-state index is 0.0341. The molecule has 62 heavy (non-hydrogen) atoms. The Morgan fingerprint density at radius 2 is 0.742 bits per heavy atom. The molecular formula is C56H114N2O4. The first kappa shape index (κ1) is 61.3. The summed E-state index contributed by atoms with van der Waals surface area (Å²) in [6, 6.07) is 0. The number of esters is 1. The second-order valence-corrected chi connectivity index (χ2v) is 20.1. The molecular weight excluding hydrogens is 765 g/mol. The van der Waals surface area contributed by atoms with Crippen molar-refractivity contribution >= 4 is 5.97 Å². The third-order valence-corrected chi connectivity index (χ3v) is 13.5. The van der Waals surface area contributed by atoms with Gasteiger partial charge in [0.25, 0.3) is 0 Å². The zero-order valence-corrected chi connectivity index (χ0v) is 43.3. The molecule has 0 aromatic carbocycles. The highest BCUT2D eigenvalue weighted by atomic mass is 16.6. The number of unbranched alkanes of at least 4 members (excludes halogenated alkanes) is 28. The van der Waals surface area contributed by atoms with Crippen LogP contribution in [0.5, 0.6) is 0 Å². The molecule has 372 valence electrons. The fourth-order valence-corrected chi connectivity index (χ4v) is 9.09. The summed E-state index contributed by atoms with van der Waals surface area (Å²) in [5, 5.41) is 10.6. The molecule has 0 saturated heterocycles. The number of carbonyl (C=O) groups excluding carboxylic acids is 1. The van der Waals surface area contributed by atoms with Crippen molar-refractivity contribution in [1.82, 2.24) is 9.80 Å². The van der Waals surface area contributed by atoms with Crippen molar-refractivity contribution in [2.45, 2.75) is 291 Å². The van der Waals surface area contributed by atoms with E-state index in [1.807, 2.05) is 0 Å². The molecule has 0 saturated carbocycles. The first-order chi connectivity index (χ1) is 30.4.